The van der Waals surface area contributed by atoms with E-state index >= 15 is 0 Å². The molecule has 0 spiro atoms. The molecule has 0 radical (unpaired) electrons. The molecule has 1 fully saturated rings. The Balaban J connectivity index is 1.79. The summed E-state index contributed by atoms with van der Waals surface area (Å²) in [6.07, 6.45) is 6.47. The van der Waals surface area contributed by atoms with Crippen LogP contribution in [0.5, 0.6) is 0 Å². The van der Waals surface area contributed by atoms with Crippen molar-refractivity contribution in [3.05, 3.63) is 70.9 Å². The lowest BCUT2D eigenvalue weighted by molar-refractivity contribution is 0.208. The van der Waals surface area contributed by atoms with E-state index in [-0.39, 0.29) is 0 Å². The van der Waals surface area contributed by atoms with Gasteiger partial charge in [0.05, 0.1) is 5.71 Å². The molecule has 1 heterocycles. The van der Waals surface area contributed by atoms with Crippen LogP contribution in [0, 0.1) is 5.41 Å². The fraction of sp³-hybridized carbons (Fsp3) is 0.393. The summed E-state index contributed by atoms with van der Waals surface area (Å²) in [6, 6.07) is 15.0. The van der Waals surface area contributed by atoms with Crippen LogP contribution < -0.4 is 16.4 Å². The lowest BCUT2D eigenvalue weighted by atomic mass is 9.97. The molecule has 7 nitrogen and oxygen atoms in total. The molecule has 0 bridgehead atoms. The second kappa shape index (κ2) is 13.6. The van der Waals surface area contributed by atoms with Crippen LogP contribution in [0.1, 0.15) is 42.9 Å². The van der Waals surface area contributed by atoms with E-state index in [2.05, 4.69) is 69.5 Å². The number of rotatable bonds is 12. The van der Waals surface area contributed by atoms with Crippen LogP contribution in [0.3, 0.4) is 0 Å². The van der Waals surface area contributed by atoms with Gasteiger partial charge in [0.15, 0.2) is 0 Å². The van der Waals surface area contributed by atoms with E-state index < -0.39 is 0 Å². The Kier molecular flexibility index (Phi) is 10.2. The number of aliphatic imine (C=N–C) groups is 2. The Morgan fingerprint density at radius 2 is 2.09 bits per heavy atom. The standard InChI is InChI=1S/C28H39N7/c1-4-12-33-18-23(17-32-3)28(30)25-14-22(16-31-2)27(15-26(25)29)34-24-11-8-13-35(20-24)19-21-9-6-5-7-10-21/h5-7,9-10,14-15,17-18,24,30-31,34H,3-4,8,11-13,16,19-20,29H2,1-2H3/b23-17+,30-28?,33-18-. The number of benzene rings is 2. The molecule has 2 aromatic rings. The number of nitrogens with zero attached hydrogens (tertiary/aromatic N) is 3. The van der Waals surface area contributed by atoms with Gasteiger partial charge < -0.3 is 16.4 Å². The normalized spacial score (nSPS) is 17.0. The zero-order chi connectivity index (χ0) is 25.0. The van der Waals surface area contributed by atoms with Crippen molar-refractivity contribution in [1.29, 1.82) is 5.41 Å². The molecule has 0 amide bonds. The van der Waals surface area contributed by atoms with Crippen LogP contribution in [0.2, 0.25) is 0 Å². The highest BCUT2D eigenvalue weighted by atomic mass is 15.2. The molecule has 7 heteroatoms. The molecule has 1 atom stereocenters. The molecule has 5 N–H and O–H groups in total. The first-order valence-corrected chi connectivity index (χ1v) is 12.4. The molecule has 1 aliphatic heterocycles. The molecular formula is C28H39N7. The predicted octanol–water partition coefficient (Wildman–Crippen LogP) is 4.50. The zero-order valence-electron chi connectivity index (χ0n) is 21.1. The number of allylic oxidation sites excluding steroid dienone is 1. The topological polar surface area (TPSA) is 102 Å². The monoisotopic (exact) mass is 473 g/mol. The van der Waals surface area contributed by atoms with Crippen molar-refractivity contribution in [3.8, 4) is 0 Å². The van der Waals surface area contributed by atoms with Crippen LogP contribution >= 0.6 is 0 Å². The zero-order valence-corrected chi connectivity index (χ0v) is 21.1. The first-order valence-electron chi connectivity index (χ1n) is 12.4. The van der Waals surface area contributed by atoms with E-state index in [1.54, 1.807) is 12.4 Å². The van der Waals surface area contributed by atoms with Gasteiger partial charge in [0.25, 0.3) is 0 Å². The largest absolute Gasteiger partial charge is 0.398 e. The van der Waals surface area contributed by atoms with Gasteiger partial charge in [-0.25, -0.2) is 0 Å². The second-order valence-corrected chi connectivity index (χ2v) is 9.01. The number of hydrogen-bond acceptors (Lipinski definition) is 7. The Labute approximate surface area is 209 Å². The number of piperidine rings is 1. The van der Waals surface area contributed by atoms with Crippen molar-refractivity contribution in [2.75, 3.05) is 37.7 Å². The van der Waals surface area contributed by atoms with Crippen molar-refractivity contribution < 1.29 is 0 Å². The first-order chi connectivity index (χ1) is 17.0. The van der Waals surface area contributed by atoms with Crippen molar-refractivity contribution in [2.24, 2.45) is 9.98 Å². The van der Waals surface area contributed by atoms with Gasteiger partial charge in [0.2, 0.25) is 0 Å². The molecule has 35 heavy (non-hydrogen) atoms. The van der Waals surface area contributed by atoms with Gasteiger partial charge in [-0.15, -0.1) is 0 Å². The van der Waals surface area contributed by atoms with Crippen molar-refractivity contribution >= 4 is 30.0 Å². The fourth-order valence-corrected chi connectivity index (χ4v) is 4.44. The summed E-state index contributed by atoms with van der Waals surface area (Å²) in [5.74, 6) is 0. The summed E-state index contributed by atoms with van der Waals surface area (Å²) in [7, 11) is 1.93. The van der Waals surface area contributed by atoms with Crippen LogP contribution in [0.4, 0.5) is 11.4 Å². The highest BCUT2D eigenvalue weighted by molar-refractivity contribution is 6.24. The van der Waals surface area contributed by atoms with Crippen LogP contribution in [0.15, 0.2) is 64.2 Å². The molecule has 0 aliphatic carbocycles. The van der Waals surface area contributed by atoms with E-state index in [9.17, 15) is 0 Å². The minimum Gasteiger partial charge on any atom is -0.398 e. The van der Waals surface area contributed by atoms with Crippen LogP contribution in [0.25, 0.3) is 0 Å². The predicted molar refractivity (Wildman–Crippen MR) is 150 cm³/mol. The third kappa shape index (κ3) is 7.60. The minimum absolute atomic E-state index is 0.297. The number of nitrogens with two attached hydrogens (primary N) is 1. The summed E-state index contributed by atoms with van der Waals surface area (Å²) >= 11 is 0. The van der Waals surface area contributed by atoms with E-state index in [1.807, 2.05) is 19.2 Å². The molecule has 0 saturated carbocycles. The third-order valence-corrected chi connectivity index (χ3v) is 6.13. The van der Waals surface area contributed by atoms with Gasteiger partial charge in [0, 0.05) is 67.1 Å². The van der Waals surface area contributed by atoms with Crippen LogP contribution in [-0.2, 0) is 13.1 Å². The molecule has 1 unspecified atom stereocenters. The average molecular weight is 474 g/mol. The number of anilines is 2. The summed E-state index contributed by atoms with van der Waals surface area (Å²) < 4.78 is 0. The fourth-order valence-electron chi connectivity index (χ4n) is 4.44. The van der Waals surface area contributed by atoms with E-state index in [1.165, 1.54) is 5.56 Å². The molecule has 186 valence electrons. The van der Waals surface area contributed by atoms with Gasteiger partial charge in [-0.2, -0.15) is 0 Å². The lowest BCUT2D eigenvalue weighted by Gasteiger charge is -2.34. The average Bonchev–Trinajstić information content (AvgIpc) is 2.86. The minimum atomic E-state index is 0.297. The van der Waals surface area contributed by atoms with Gasteiger partial charge in [-0.1, -0.05) is 37.3 Å². The van der Waals surface area contributed by atoms with Crippen molar-refractivity contribution in [2.45, 2.75) is 45.3 Å². The Morgan fingerprint density at radius 1 is 1.29 bits per heavy atom. The first kappa shape index (κ1) is 26.3. The molecule has 1 saturated heterocycles. The second-order valence-electron chi connectivity index (χ2n) is 9.01. The van der Waals surface area contributed by atoms with Gasteiger partial charge in [-0.3, -0.25) is 20.3 Å². The number of hydrogen-bond donors (Lipinski definition) is 4. The third-order valence-electron chi connectivity index (χ3n) is 6.13. The summed E-state index contributed by atoms with van der Waals surface area (Å²) in [5, 5.41) is 15.8. The molecule has 1 aliphatic rings. The molecule has 0 aromatic heterocycles. The quantitative estimate of drug-likeness (QED) is 0.269. The Bertz CT molecular complexity index is 1040. The van der Waals surface area contributed by atoms with Gasteiger partial charge in [0.1, 0.15) is 0 Å². The Hall–Kier alpha value is -3.29. The molecule has 3 rings (SSSR count). The van der Waals surface area contributed by atoms with Gasteiger partial charge >= 0.3 is 0 Å². The summed E-state index contributed by atoms with van der Waals surface area (Å²) in [4.78, 5) is 10.8. The number of nitrogens with one attached hydrogen (secondary N) is 3. The van der Waals surface area contributed by atoms with Crippen LogP contribution in [-0.4, -0.2) is 56.3 Å². The van der Waals surface area contributed by atoms with E-state index in [4.69, 9.17) is 11.1 Å². The van der Waals surface area contributed by atoms with E-state index in [0.717, 1.165) is 50.1 Å². The smallest absolute Gasteiger partial charge is 0.0736 e. The molecular weight excluding hydrogens is 434 g/mol. The van der Waals surface area contributed by atoms with Crippen molar-refractivity contribution in [3.63, 3.8) is 0 Å². The highest BCUT2D eigenvalue weighted by Gasteiger charge is 2.22. The maximum absolute atomic E-state index is 8.78. The van der Waals surface area contributed by atoms with E-state index in [0.29, 0.717) is 41.7 Å². The lowest BCUT2D eigenvalue weighted by Crippen LogP contribution is -2.41. The maximum atomic E-state index is 8.78. The van der Waals surface area contributed by atoms with Crippen molar-refractivity contribution in [1.82, 2.24) is 10.2 Å². The van der Waals surface area contributed by atoms with Gasteiger partial charge in [-0.05, 0) is 62.8 Å². The molecule has 2 aromatic carbocycles. The summed E-state index contributed by atoms with van der Waals surface area (Å²) in [6.45, 7) is 10.0. The highest BCUT2D eigenvalue weighted by Crippen LogP contribution is 2.28. The SMILES string of the molecule is C=N/C=C(\C=N/CCC)C(=N)c1cc(CNC)c(NC2CCCN(Cc3ccccc3)C2)cc1N. The number of nitrogen functional groups attached to an aromatic ring is 1. The Morgan fingerprint density at radius 3 is 2.80 bits per heavy atom. The maximum Gasteiger partial charge on any atom is 0.0736 e. The summed E-state index contributed by atoms with van der Waals surface area (Å²) in [5.41, 5.74) is 12.1. The number of likely N-dealkylation sites (tertiary alicyclic amines) is 1.